The maximum Gasteiger partial charge on any atom is 0.268 e. The standard InChI is InChI=1S/C11H10BrN3O3/c12-8-2-9(4-14-3-8)18-6-10-1-7(5-17-10)11(16)15-13/h1-5H,6,13H2,(H,15,16). The van der Waals surface area contributed by atoms with E-state index < -0.39 is 5.91 Å². The van der Waals surface area contributed by atoms with Crippen LogP contribution in [0.2, 0.25) is 0 Å². The minimum atomic E-state index is -0.408. The molecule has 2 heterocycles. The van der Waals surface area contributed by atoms with Crippen LogP contribution in [-0.4, -0.2) is 10.9 Å². The van der Waals surface area contributed by atoms with E-state index in [4.69, 9.17) is 15.0 Å². The Balaban J connectivity index is 1.98. The highest BCUT2D eigenvalue weighted by atomic mass is 79.9. The van der Waals surface area contributed by atoms with E-state index in [1.807, 2.05) is 5.43 Å². The van der Waals surface area contributed by atoms with Gasteiger partial charge in [-0.2, -0.15) is 0 Å². The average Bonchev–Trinajstić information content (AvgIpc) is 2.84. The predicted octanol–water partition coefficient (Wildman–Crippen LogP) is 1.62. The van der Waals surface area contributed by atoms with Crippen molar-refractivity contribution in [2.24, 2.45) is 5.84 Å². The van der Waals surface area contributed by atoms with E-state index in [1.165, 1.54) is 6.26 Å². The Bertz CT molecular complexity index is 556. The zero-order valence-corrected chi connectivity index (χ0v) is 10.8. The maximum absolute atomic E-state index is 11.2. The highest BCUT2D eigenvalue weighted by molar-refractivity contribution is 9.10. The Kier molecular flexibility index (Phi) is 3.96. The van der Waals surface area contributed by atoms with Crippen molar-refractivity contribution in [3.05, 3.63) is 46.6 Å². The molecule has 0 fully saturated rings. The van der Waals surface area contributed by atoms with Crippen molar-refractivity contribution in [1.29, 1.82) is 0 Å². The van der Waals surface area contributed by atoms with Gasteiger partial charge in [-0.3, -0.25) is 15.2 Å². The number of ether oxygens (including phenoxy) is 1. The Morgan fingerprint density at radius 3 is 3.06 bits per heavy atom. The third-order valence-corrected chi connectivity index (χ3v) is 2.54. The predicted molar refractivity (Wildman–Crippen MR) is 66.6 cm³/mol. The number of halogens is 1. The summed E-state index contributed by atoms with van der Waals surface area (Å²) in [7, 11) is 0. The number of aromatic nitrogens is 1. The zero-order chi connectivity index (χ0) is 13.0. The van der Waals surface area contributed by atoms with Crippen LogP contribution < -0.4 is 16.0 Å². The quantitative estimate of drug-likeness (QED) is 0.508. The van der Waals surface area contributed by atoms with Gasteiger partial charge in [0.1, 0.15) is 24.4 Å². The van der Waals surface area contributed by atoms with Gasteiger partial charge in [-0.1, -0.05) is 0 Å². The summed E-state index contributed by atoms with van der Waals surface area (Å²) in [5, 5.41) is 0. The second kappa shape index (κ2) is 5.65. The molecule has 0 aromatic carbocycles. The highest BCUT2D eigenvalue weighted by Gasteiger charge is 2.09. The molecule has 3 N–H and O–H groups in total. The highest BCUT2D eigenvalue weighted by Crippen LogP contribution is 2.17. The summed E-state index contributed by atoms with van der Waals surface area (Å²) in [6, 6.07) is 3.34. The van der Waals surface area contributed by atoms with Crippen molar-refractivity contribution in [1.82, 2.24) is 10.4 Å². The maximum atomic E-state index is 11.2. The van der Waals surface area contributed by atoms with Gasteiger partial charge in [-0.05, 0) is 28.1 Å². The fraction of sp³-hybridized carbons (Fsp3) is 0.0909. The van der Waals surface area contributed by atoms with Crippen LogP contribution in [0.15, 0.2) is 39.7 Å². The molecule has 7 heteroatoms. The van der Waals surface area contributed by atoms with E-state index in [9.17, 15) is 4.79 Å². The van der Waals surface area contributed by atoms with Crippen LogP contribution >= 0.6 is 15.9 Å². The third-order valence-electron chi connectivity index (χ3n) is 2.11. The minimum Gasteiger partial charge on any atom is -0.484 e. The monoisotopic (exact) mass is 311 g/mol. The number of rotatable bonds is 4. The number of nitrogen functional groups attached to an aromatic ring is 1. The first kappa shape index (κ1) is 12.6. The van der Waals surface area contributed by atoms with Crippen LogP contribution in [0.1, 0.15) is 16.1 Å². The fourth-order valence-corrected chi connectivity index (χ4v) is 1.63. The lowest BCUT2D eigenvalue weighted by atomic mass is 10.3. The number of nitrogens with one attached hydrogen (secondary N) is 1. The molecule has 2 aromatic heterocycles. The Morgan fingerprint density at radius 1 is 1.50 bits per heavy atom. The number of pyridine rings is 1. The Labute approximate surface area is 111 Å². The first-order chi connectivity index (χ1) is 8.69. The molecule has 0 aliphatic heterocycles. The van der Waals surface area contributed by atoms with Gasteiger partial charge in [0.25, 0.3) is 5.91 Å². The molecule has 0 unspecified atom stereocenters. The van der Waals surface area contributed by atoms with Crippen molar-refractivity contribution in [3.8, 4) is 5.75 Å². The number of amides is 1. The lowest BCUT2D eigenvalue weighted by molar-refractivity contribution is 0.0953. The van der Waals surface area contributed by atoms with Crippen molar-refractivity contribution in [3.63, 3.8) is 0 Å². The van der Waals surface area contributed by atoms with Gasteiger partial charge < -0.3 is 9.15 Å². The second-order valence-electron chi connectivity index (χ2n) is 3.40. The van der Waals surface area contributed by atoms with Gasteiger partial charge in [0.05, 0.1) is 11.8 Å². The summed E-state index contributed by atoms with van der Waals surface area (Å²) in [5.74, 6) is 5.73. The molecule has 0 atom stereocenters. The zero-order valence-electron chi connectivity index (χ0n) is 9.22. The van der Waals surface area contributed by atoms with Gasteiger partial charge in [0, 0.05) is 10.7 Å². The van der Waals surface area contributed by atoms with Crippen LogP contribution in [-0.2, 0) is 6.61 Å². The molecule has 0 saturated heterocycles. The van der Waals surface area contributed by atoms with E-state index >= 15 is 0 Å². The molecule has 0 saturated carbocycles. The number of nitrogens with zero attached hydrogens (tertiary/aromatic N) is 1. The summed E-state index contributed by atoms with van der Waals surface area (Å²) in [6.07, 6.45) is 4.56. The fourth-order valence-electron chi connectivity index (χ4n) is 1.28. The van der Waals surface area contributed by atoms with Gasteiger partial charge in [-0.25, -0.2) is 5.84 Å². The number of carbonyl (C=O) groups excluding carboxylic acids is 1. The normalized spacial score (nSPS) is 10.1. The van der Waals surface area contributed by atoms with Crippen molar-refractivity contribution in [2.45, 2.75) is 6.61 Å². The van der Waals surface area contributed by atoms with Crippen molar-refractivity contribution in [2.75, 3.05) is 0 Å². The summed E-state index contributed by atoms with van der Waals surface area (Å²) >= 11 is 3.29. The van der Waals surface area contributed by atoms with Gasteiger partial charge >= 0.3 is 0 Å². The van der Waals surface area contributed by atoms with Gasteiger partial charge in [0.15, 0.2) is 0 Å². The number of carbonyl (C=O) groups is 1. The molecule has 0 spiro atoms. The molecule has 94 valence electrons. The molecule has 2 aromatic rings. The minimum absolute atomic E-state index is 0.204. The van der Waals surface area contributed by atoms with Gasteiger partial charge in [-0.15, -0.1) is 0 Å². The summed E-state index contributed by atoms with van der Waals surface area (Å²) in [5.41, 5.74) is 2.37. The molecular formula is C11H10BrN3O3. The molecule has 0 aliphatic carbocycles. The van der Waals surface area contributed by atoms with Crippen LogP contribution in [0.4, 0.5) is 0 Å². The summed E-state index contributed by atoms with van der Waals surface area (Å²) < 4.78 is 11.4. The van der Waals surface area contributed by atoms with E-state index in [0.717, 1.165) is 4.47 Å². The second-order valence-corrected chi connectivity index (χ2v) is 4.32. The lowest BCUT2D eigenvalue weighted by Crippen LogP contribution is -2.29. The first-order valence-electron chi connectivity index (χ1n) is 5.01. The molecular weight excluding hydrogens is 302 g/mol. The van der Waals surface area contributed by atoms with Crippen molar-refractivity contribution >= 4 is 21.8 Å². The number of nitrogens with two attached hydrogens (primary N) is 1. The van der Waals surface area contributed by atoms with E-state index in [1.54, 1.807) is 24.5 Å². The summed E-state index contributed by atoms with van der Waals surface area (Å²) in [4.78, 5) is 15.2. The summed E-state index contributed by atoms with van der Waals surface area (Å²) in [6.45, 7) is 0.204. The van der Waals surface area contributed by atoms with E-state index in [-0.39, 0.29) is 6.61 Å². The number of hydrogen-bond donors (Lipinski definition) is 2. The topological polar surface area (TPSA) is 90.4 Å². The molecule has 0 bridgehead atoms. The van der Waals surface area contributed by atoms with Gasteiger partial charge in [0.2, 0.25) is 0 Å². The van der Waals surface area contributed by atoms with Crippen LogP contribution in [0.3, 0.4) is 0 Å². The molecule has 1 amide bonds. The number of furan rings is 1. The molecule has 0 aliphatic rings. The van der Waals surface area contributed by atoms with Crippen LogP contribution in [0.5, 0.6) is 5.75 Å². The SMILES string of the molecule is NNC(=O)c1coc(COc2cncc(Br)c2)c1. The van der Waals surface area contributed by atoms with E-state index in [2.05, 4.69) is 20.9 Å². The first-order valence-corrected chi connectivity index (χ1v) is 5.80. The van der Waals surface area contributed by atoms with Crippen LogP contribution in [0, 0.1) is 0 Å². The smallest absolute Gasteiger partial charge is 0.268 e. The molecule has 2 rings (SSSR count). The van der Waals surface area contributed by atoms with Crippen LogP contribution in [0.25, 0.3) is 0 Å². The van der Waals surface area contributed by atoms with E-state index in [0.29, 0.717) is 17.1 Å². The lowest BCUT2D eigenvalue weighted by Gasteiger charge is -2.03. The number of hydrogen-bond acceptors (Lipinski definition) is 5. The largest absolute Gasteiger partial charge is 0.484 e. The molecule has 18 heavy (non-hydrogen) atoms. The number of hydrazine groups is 1. The average molecular weight is 312 g/mol. The third kappa shape index (κ3) is 3.08. The molecule has 0 radical (unpaired) electrons. The van der Waals surface area contributed by atoms with Crippen molar-refractivity contribution < 1.29 is 13.9 Å². The Hall–Kier alpha value is -1.86. The Morgan fingerprint density at radius 2 is 2.33 bits per heavy atom. The molecule has 6 nitrogen and oxygen atoms in total.